The molecule has 1 heterocycles. The number of aliphatic hydroxyl groups excluding tert-OH is 1. The molecule has 2 atom stereocenters. The molecule has 1 aliphatic rings. The molecule has 0 saturated carbocycles. The van der Waals surface area contributed by atoms with Crippen molar-refractivity contribution in [2.24, 2.45) is 5.41 Å². The second-order valence-corrected chi connectivity index (χ2v) is 7.57. The number of ketones is 1. The Morgan fingerprint density at radius 1 is 1.25 bits per heavy atom. The fourth-order valence-corrected chi connectivity index (χ4v) is 4.31. The average molecular weight is 246 g/mol. The molecule has 1 aliphatic heterocycles. The van der Waals surface area contributed by atoms with E-state index in [1.807, 2.05) is 0 Å². The van der Waals surface area contributed by atoms with Crippen LogP contribution in [0.4, 0.5) is 0 Å². The maximum absolute atomic E-state index is 12.0. The van der Waals surface area contributed by atoms with Crippen LogP contribution in [0.1, 0.15) is 33.6 Å². The number of Topliss-reactive ketones (excluding diaryl/α,β-unsaturated/α-hetero) is 1. The highest BCUT2D eigenvalue weighted by Crippen LogP contribution is 2.34. The van der Waals surface area contributed by atoms with Crippen LogP contribution in [0, 0.1) is 5.41 Å². The highest BCUT2D eigenvalue weighted by atomic mass is 32.2. The number of rotatable bonds is 2. The number of aliphatic hydroxyl groups is 1. The number of hydrogen-bond acceptors (Lipinski definition) is 4. The molecule has 92 valence electrons. The summed E-state index contributed by atoms with van der Waals surface area (Å²) in [5.74, 6) is -0.638. The summed E-state index contributed by atoms with van der Waals surface area (Å²) in [5, 5.41) is 7.25. The Morgan fingerprint density at radius 3 is 2.00 bits per heavy atom. The summed E-state index contributed by atoms with van der Waals surface area (Å²) < 4.78 is 24.0. The second kappa shape index (κ2) is 3.87. The lowest BCUT2D eigenvalue weighted by atomic mass is 9.87. The van der Waals surface area contributed by atoms with Gasteiger partial charge in [-0.2, -0.15) is 0 Å². The summed E-state index contributed by atoms with van der Waals surface area (Å²) in [7, 11) is -3.61. The third-order valence-corrected chi connectivity index (χ3v) is 5.43. The van der Waals surface area contributed by atoms with Crippen molar-refractivity contribution in [3.05, 3.63) is 12.3 Å². The molecule has 1 N–H and O–H groups in total. The van der Waals surface area contributed by atoms with Crippen LogP contribution in [0.2, 0.25) is 0 Å². The van der Waals surface area contributed by atoms with Crippen LogP contribution in [0.15, 0.2) is 12.3 Å². The predicted octanol–water partition coefficient (Wildman–Crippen LogP) is 1.62. The fraction of sp³-hybridized carbons (Fsp3) is 0.727. The van der Waals surface area contributed by atoms with Crippen LogP contribution in [-0.2, 0) is 14.6 Å². The first kappa shape index (κ1) is 13.2. The van der Waals surface area contributed by atoms with E-state index in [2.05, 4.69) is 6.58 Å². The van der Waals surface area contributed by atoms with Crippen LogP contribution in [0.25, 0.3) is 0 Å². The third kappa shape index (κ3) is 2.14. The van der Waals surface area contributed by atoms with Gasteiger partial charge in [-0.05, 0) is 12.8 Å². The monoisotopic (exact) mass is 246 g/mol. The van der Waals surface area contributed by atoms with E-state index in [4.69, 9.17) is 0 Å². The van der Waals surface area contributed by atoms with Crippen LogP contribution >= 0.6 is 0 Å². The van der Waals surface area contributed by atoms with Gasteiger partial charge in [0.05, 0.1) is 0 Å². The molecule has 0 radical (unpaired) electrons. The molecule has 0 amide bonds. The standard InChI is InChI=1S/C11H18O4S/c1-7(12)8-5-6-9(16(8,14)15)10(13)11(2,3)4/h8-9,12H,1,5-6H2,2-4H3. The van der Waals surface area contributed by atoms with Gasteiger partial charge < -0.3 is 5.11 Å². The topological polar surface area (TPSA) is 71.4 Å². The molecule has 0 aromatic heterocycles. The molecular weight excluding hydrogens is 228 g/mol. The molecule has 5 heteroatoms. The zero-order chi connectivity index (χ0) is 12.7. The summed E-state index contributed by atoms with van der Waals surface area (Å²) in [6.07, 6.45) is 0.562. The highest BCUT2D eigenvalue weighted by molar-refractivity contribution is 7.93. The average Bonchev–Trinajstić information content (AvgIpc) is 2.37. The zero-order valence-electron chi connectivity index (χ0n) is 9.86. The van der Waals surface area contributed by atoms with Gasteiger partial charge in [-0.1, -0.05) is 27.4 Å². The molecule has 2 unspecified atom stereocenters. The van der Waals surface area contributed by atoms with E-state index in [1.165, 1.54) is 0 Å². The lowest BCUT2D eigenvalue weighted by Gasteiger charge is -2.21. The molecule has 0 bridgehead atoms. The lowest BCUT2D eigenvalue weighted by molar-refractivity contribution is -0.125. The van der Waals surface area contributed by atoms with E-state index < -0.39 is 25.8 Å². The van der Waals surface area contributed by atoms with Crippen molar-refractivity contribution < 1.29 is 18.3 Å². The SMILES string of the molecule is C=C(O)C1CCC(C(=O)C(C)(C)C)S1(=O)=O. The Bertz CT molecular complexity index is 414. The number of sulfone groups is 1. The van der Waals surface area contributed by atoms with Crippen molar-refractivity contribution in [1.82, 2.24) is 0 Å². The van der Waals surface area contributed by atoms with E-state index >= 15 is 0 Å². The van der Waals surface area contributed by atoms with E-state index in [0.717, 1.165) is 0 Å². The minimum atomic E-state index is -3.61. The van der Waals surface area contributed by atoms with Crippen LogP contribution in [0.3, 0.4) is 0 Å². The molecule has 0 aromatic rings. The first-order chi connectivity index (χ1) is 7.08. The number of carbonyl (C=O) groups is 1. The summed E-state index contributed by atoms with van der Waals surface area (Å²) in [6.45, 7) is 8.35. The van der Waals surface area contributed by atoms with Crippen LogP contribution in [-0.4, -0.2) is 29.8 Å². The predicted molar refractivity (Wildman–Crippen MR) is 62.0 cm³/mol. The molecule has 16 heavy (non-hydrogen) atoms. The number of carbonyl (C=O) groups excluding carboxylic acids is 1. The summed E-state index contributed by atoms with van der Waals surface area (Å²) in [4.78, 5) is 12.0. The van der Waals surface area contributed by atoms with Gasteiger partial charge in [0.15, 0.2) is 15.6 Å². The molecule has 0 aromatic carbocycles. The smallest absolute Gasteiger partial charge is 0.170 e. The minimum Gasteiger partial charge on any atom is -0.512 e. The van der Waals surface area contributed by atoms with Gasteiger partial charge in [0, 0.05) is 5.41 Å². The molecule has 1 rings (SSSR count). The van der Waals surface area contributed by atoms with Gasteiger partial charge in [-0.25, -0.2) is 8.42 Å². The maximum Gasteiger partial charge on any atom is 0.170 e. The molecule has 0 aliphatic carbocycles. The lowest BCUT2D eigenvalue weighted by Crippen LogP contribution is -2.37. The zero-order valence-corrected chi connectivity index (χ0v) is 10.7. The fourth-order valence-electron chi connectivity index (χ4n) is 1.95. The maximum atomic E-state index is 12.0. The van der Waals surface area contributed by atoms with Gasteiger partial charge in [0.1, 0.15) is 16.3 Å². The Hall–Kier alpha value is -0.840. The molecule has 1 fully saturated rings. The summed E-state index contributed by atoms with van der Waals surface area (Å²) in [6, 6.07) is 0. The normalized spacial score (nSPS) is 28.9. The summed E-state index contributed by atoms with van der Waals surface area (Å²) >= 11 is 0. The van der Waals surface area contributed by atoms with Crippen molar-refractivity contribution in [2.45, 2.75) is 44.1 Å². The van der Waals surface area contributed by atoms with E-state index in [9.17, 15) is 18.3 Å². The minimum absolute atomic E-state index is 0.280. The molecule has 1 saturated heterocycles. The Labute approximate surface area is 96.3 Å². The van der Waals surface area contributed by atoms with E-state index in [0.29, 0.717) is 0 Å². The molecular formula is C11H18O4S. The van der Waals surface area contributed by atoms with E-state index in [-0.39, 0.29) is 24.4 Å². The van der Waals surface area contributed by atoms with Crippen molar-refractivity contribution in [1.29, 1.82) is 0 Å². The van der Waals surface area contributed by atoms with Gasteiger partial charge in [0.2, 0.25) is 0 Å². The van der Waals surface area contributed by atoms with Crippen molar-refractivity contribution in [2.75, 3.05) is 0 Å². The summed E-state index contributed by atoms with van der Waals surface area (Å²) in [5.41, 5.74) is -0.677. The quantitative estimate of drug-likeness (QED) is 0.751. The van der Waals surface area contributed by atoms with E-state index in [1.54, 1.807) is 20.8 Å². The Kier molecular flexibility index (Phi) is 3.20. The Morgan fingerprint density at radius 2 is 1.69 bits per heavy atom. The van der Waals surface area contributed by atoms with Gasteiger partial charge >= 0.3 is 0 Å². The Balaban J connectivity index is 3.05. The first-order valence-corrected chi connectivity index (χ1v) is 6.84. The second-order valence-electron chi connectivity index (χ2n) is 5.25. The first-order valence-electron chi connectivity index (χ1n) is 5.23. The van der Waals surface area contributed by atoms with Gasteiger partial charge in [0.25, 0.3) is 0 Å². The highest BCUT2D eigenvalue weighted by Gasteiger charge is 2.48. The third-order valence-electron chi connectivity index (χ3n) is 2.89. The van der Waals surface area contributed by atoms with Gasteiger partial charge in [-0.3, -0.25) is 4.79 Å². The molecule has 4 nitrogen and oxygen atoms in total. The number of hydrogen-bond donors (Lipinski definition) is 1. The van der Waals surface area contributed by atoms with Crippen molar-refractivity contribution in [3.63, 3.8) is 0 Å². The molecule has 0 spiro atoms. The largest absolute Gasteiger partial charge is 0.512 e. The van der Waals surface area contributed by atoms with Gasteiger partial charge in [-0.15, -0.1) is 0 Å². The van der Waals surface area contributed by atoms with Crippen molar-refractivity contribution >= 4 is 15.6 Å². The van der Waals surface area contributed by atoms with Crippen LogP contribution < -0.4 is 0 Å². The van der Waals surface area contributed by atoms with Crippen molar-refractivity contribution in [3.8, 4) is 0 Å². The van der Waals surface area contributed by atoms with Crippen LogP contribution in [0.5, 0.6) is 0 Å².